The van der Waals surface area contributed by atoms with Crippen LogP contribution in [-0.2, 0) is 26.0 Å². The van der Waals surface area contributed by atoms with Crippen LogP contribution < -0.4 is 0 Å². The molecule has 41 heavy (non-hydrogen) atoms. The fourth-order valence-corrected chi connectivity index (χ4v) is 7.46. The van der Waals surface area contributed by atoms with E-state index < -0.39 is 0 Å². The summed E-state index contributed by atoms with van der Waals surface area (Å²) in [5.74, 6) is -0.148. The Morgan fingerprint density at radius 1 is 0.732 bits per heavy atom. The molecule has 0 saturated heterocycles. The Hall–Kier alpha value is -1.64. The zero-order valence-corrected chi connectivity index (χ0v) is 30.7. The second kappa shape index (κ2) is 15.2. The van der Waals surface area contributed by atoms with Crippen molar-refractivity contribution in [2.75, 3.05) is 7.11 Å². The van der Waals surface area contributed by atoms with Gasteiger partial charge in [0.05, 0.1) is 35.8 Å². The number of methoxy groups -OCH3 is 1. The summed E-state index contributed by atoms with van der Waals surface area (Å²) in [5, 5.41) is 2.37. The van der Waals surface area contributed by atoms with Crippen LogP contribution in [0.25, 0.3) is 10.8 Å². The van der Waals surface area contributed by atoms with E-state index >= 15 is 0 Å². The monoisotopic (exact) mass is 847 g/mol. The molecule has 0 spiro atoms. The summed E-state index contributed by atoms with van der Waals surface area (Å²) in [6, 6.07) is 21.0. The first-order valence-corrected chi connectivity index (χ1v) is 15.4. The molecule has 1 aliphatic carbocycles. The summed E-state index contributed by atoms with van der Waals surface area (Å²) in [6.07, 6.45) is 0. The summed E-state index contributed by atoms with van der Waals surface area (Å²) < 4.78 is 8.14. The predicted molar refractivity (Wildman–Crippen MR) is 183 cm³/mol. The van der Waals surface area contributed by atoms with Crippen LogP contribution in [0.5, 0.6) is 0 Å². The maximum Gasteiger partial charge on any atom is 0.308 e. The summed E-state index contributed by atoms with van der Waals surface area (Å²) in [5.41, 5.74) is 7.93. The van der Waals surface area contributed by atoms with Crippen LogP contribution in [0, 0.1) is 27.2 Å². The molecule has 1 aliphatic rings. The van der Waals surface area contributed by atoms with Crippen LogP contribution in [0.2, 0.25) is 0 Å². The van der Waals surface area contributed by atoms with Gasteiger partial charge in [-0.25, -0.2) is 9.98 Å². The number of hydrogen-bond donors (Lipinski definition) is 0. The predicted octanol–water partition coefficient (Wildman–Crippen LogP) is 11.0. The van der Waals surface area contributed by atoms with Crippen LogP contribution in [0.4, 0.5) is 11.4 Å². The molecule has 0 radical (unpaired) electrons. The second-order valence-corrected chi connectivity index (χ2v) is 12.9. The van der Waals surface area contributed by atoms with Crippen molar-refractivity contribution >= 4 is 103 Å². The van der Waals surface area contributed by atoms with Crippen molar-refractivity contribution in [3.8, 4) is 0 Å². The van der Waals surface area contributed by atoms with Gasteiger partial charge in [0, 0.05) is 50.9 Å². The minimum absolute atomic E-state index is 0. The molecule has 9 heteroatoms. The molecule has 4 nitrogen and oxygen atoms in total. The summed E-state index contributed by atoms with van der Waals surface area (Å²) in [4.78, 5) is 20.6. The van der Waals surface area contributed by atoms with Crippen molar-refractivity contribution in [3.63, 3.8) is 0 Å². The van der Waals surface area contributed by atoms with Gasteiger partial charge in [-0.15, -0.1) is 0 Å². The Balaban J connectivity index is 0.000000585. The SMILES string of the molecule is COC(=O)C(C)C.Cc1cc(Br)c(N=C2C(=Nc3c(Br)cc(C)cc3Br)c3cccc4cccc2c34)c(Br)c1.[CH3-].[Ni]. The van der Waals surface area contributed by atoms with Crippen molar-refractivity contribution in [3.05, 3.63) is 108 Å². The van der Waals surface area contributed by atoms with E-state index in [1.54, 1.807) is 13.8 Å². The largest absolute Gasteiger partial charge is 0.469 e. The number of carbonyl (C=O) groups excluding carboxylic acids is 1. The first kappa shape index (κ1) is 35.6. The summed E-state index contributed by atoms with van der Waals surface area (Å²) >= 11 is 14.8. The van der Waals surface area contributed by atoms with Crippen LogP contribution in [-0.4, -0.2) is 24.5 Å². The van der Waals surface area contributed by atoms with E-state index in [0.717, 1.165) is 62.9 Å². The van der Waals surface area contributed by atoms with Crippen LogP contribution >= 0.6 is 63.7 Å². The minimum atomic E-state index is -0.153. The van der Waals surface area contributed by atoms with Gasteiger partial charge in [0.25, 0.3) is 0 Å². The first-order chi connectivity index (χ1) is 18.5. The Bertz CT molecular complexity index is 1510. The fourth-order valence-electron chi connectivity index (χ4n) is 4.27. The second-order valence-electron chi connectivity index (χ2n) is 9.46. The number of esters is 1. The number of carbonyl (C=O) groups is 1. The molecule has 0 saturated carbocycles. The van der Waals surface area contributed by atoms with Crippen molar-refractivity contribution < 1.29 is 26.0 Å². The van der Waals surface area contributed by atoms with Crippen molar-refractivity contribution in [1.82, 2.24) is 0 Å². The quantitative estimate of drug-likeness (QED) is 0.117. The summed E-state index contributed by atoms with van der Waals surface area (Å²) in [7, 11) is 1.39. The normalized spacial score (nSPS) is 13.5. The van der Waals surface area contributed by atoms with Gasteiger partial charge < -0.3 is 12.2 Å². The van der Waals surface area contributed by atoms with Crippen LogP contribution in [0.1, 0.15) is 36.1 Å². The van der Waals surface area contributed by atoms with E-state index in [1.807, 2.05) is 0 Å². The fraction of sp³-hybridized carbons (Fsp3) is 0.188. The van der Waals surface area contributed by atoms with Gasteiger partial charge in [-0.05, 0) is 118 Å². The number of aryl methyl sites for hydroxylation is 2. The topological polar surface area (TPSA) is 51.0 Å². The number of benzene rings is 4. The Morgan fingerprint density at radius 3 is 1.39 bits per heavy atom. The molecule has 0 fully saturated rings. The molecule has 0 heterocycles. The Kier molecular flexibility index (Phi) is 13.2. The third-order valence-corrected chi connectivity index (χ3v) is 8.50. The molecular formula is C32H29Br4N2NiO2-. The Labute approximate surface area is 285 Å². The van der Waals surface area contributed by atoms with E-state index in [0.29, 0.717) is 0 Å². The van der Waals surface area contributed by atoms with E-state index in [4.69, 9.17) is 9.98 Å². The van der Waals surface area contributed by atoms with Crippen molar-refractivity contribution in [1.29, 1.82) is 0 Å². The number of hydrogen-bond acceptors (Lipinski definition) is 4. The van der Waals surface area contributed by atoms with Gasteiger partial charge >= 0.3 is 5.97 Å². The van der Waals surface area contributed by atoms with E-state index in [2.05, 4.69) is 143 Å². The smallest absolute Gasteiger partial charge is 0.308 e. The molecule has 0 N–H and O–H groups in total. The zero-order valence-electron chi connectivity index (χ0n) is 23.4. The standard InChI is InChI=1S/C26H16Br4N2.C5H10O2.CH3.Ni/c1-13-9-18(27)25(19(28)10-13)31-23-16-7-3-5-15-6-4-8-17(22(15)16)24(23)32-26-20(29)11-14(2)12-21(26)30;1-4(2)5(6)7-3;;/h3-12H,1-2H3;4H,1-3H3;1H3;/q;;-1;. The van der Waals surface area contributed by atoms with E-state index in [-0.39, 0.29) is 35.8 Å². The molecular weight excluding hydrogens is 823 g/mol. The zero-order chi connectivity index (χ0) is 28.4. The van der Waals surface area contributed by atoms with Crippen LogP contribution in [0.15, 0.2) is 88.5 Å². The minimum Gasteiger partial charge on any atom is -0.469 e. The Morgan fingerprint density at radius 2 is 1.10 bits per heavy atom. The number of rotatable bonds is 3. The van der Waals surface area contributed by atoms with Crippen LogP contribution in [0.3, 0.4) is 0 Å². The molecule has 0 amide bonds. The molecule has 4 aromatic carbocycles. The number of aliphatic imine (C=N–C) groups is 2. The molecule has 0 atom stereocenters. The van der Waals surface area contributed by atoms with Gasteiger partial charge in [-0.1, -0.05) is 50.2 Å². The maximum absolute atomic E-state index is 10.3. The molecule has 5 rings (SSSR count). The molecule has 0 aromatic heterocycles. The van der Waals surface area contributed by atoms with Crippen molar-refractivity contribution in [2.24, 2.45) is 15.9 Å². The molecule has 0 bridgehead atoms. The molecule has 218 valence electrons. The van der Waals surface area contributed by atoms with E-state index in [1.165, 1.54) is 17.9 Å². The maximum atomic E-state index is 10.3. The average molecular weight is 852 g/mol. The summed E-state index contributed by atoms with van der Waals surface area (Å²) in [6.45, 7) is 7.73. The molecule has 0 aliphatic heterocycles. The average Bonchev–Trinajstić information content (AvgIpc) is 3.17. The van der Waals surface area contributed by atoms with Gasteiger partial charge in [0.15, 0.2) is 0 Å². The molecule has 4 aromatic rings. The third-order valence-electron chi connectivity index (χ3n) is 6.08. The van der Waals surface area contributed by atoms with E-state index in [9.17, 15) is 4.79 Å². The van der Waals surface area contributed by atoms with Gasteiger partial charge in [-0.3, -0.25) is 4.79 Å². The number of ether oxygens (including phenoxy) is 1. The third kappa shape index (κ3) is 7.85. The van der Waals surface area contributed by atoms with Gasteiger partial charge in [-0.2, -0.15) is 0 Å². The number of halogens is 4. The number of nitrogens with zero attached hydrogens (tertiary/aromatic N) is 2. The molecule has 0 unspecified atom stereocenters. The van der Waals surface area contributed by atoms with Crippen molar-refractivity contribution in [2.45, 2.75) is 27.7 Å². The van der Waals surface area contributed by atoms with Gasteiger partial charge in [0.2, 0.25) is 0 Å². The first-order valence-electron chi connectivity index (χ1n) is 12.2. The van der Waals surface area contributed by atoms with Gasteiger partial charge in [0.1, 0.15) is 0 Å².